The van der Waals surface area contributed by atoms with Crippen molar-refractivity contribution in [1.82, 2.24) is 25.0 Å². The van der Waals surface area contributed by atoms with Crippen LogP contribution in [0.15, 0.2) is 67.1 Å². The second kappa shape index (κ2) is 7.97. The molecule has 0 spiro atoms. The summed E-state index contributed by atoms with van der Waals surface area (Å²) >= 11 is 0. The first kappa shape index (κ1) is 18.9. The van der Waals surface area contributed by atoms with Gasteiger partial charge in [0.25, 0.3) is 0 Å². The number of nitrogens with one attached hydrogen (secondary N) is 1. The number of likely N-dealkylation sites (N-methyl/N-ethyl adjacent to an activating group) is 1. The molecule has 0 amide bonds. The van der Waals surface area contributed by atoms with E-state index < -0.39 is 0 Å². The maximum Gasteiger partial charge on any atom is 0.123 e. The fourth-order valence-electron chi connectivity index (χ4n) is 4.23. The van der Waals surface area contributed by atoms with Crippen LogP contribution in [0, 0.1) is 5.82 Å². The Morgan fingerprint density at radius 2 is 1.67 bits per heavy atom. The molecule has 0 bridgehead atoms. The normalized spacial score (nSPS) is 16.7. The number of fused-ring (bicyclic) bond motifs is 1. The molecule has 1 fully saturated rings. The topological polar surface area (TPSA) is 48.0 Å². The third-order valence-corrected chi connectivity index (χ3v) is 5.94. The van der Waals surface area contributed by atoms with E-state index >= 15 is 0 Å². The number of piperazine rings is 1. The van der Waals surface area contributed by atoms with Crippen LogP contribution in [0.25, 0.3) is 22.0 Å². The predicted octanol–water partition coefficient (Wildman–Crippen LogP) is 4.10. The van der Waals surface area contributed by atoms with E-state index in [9.17, 15) is 4.39 Å². The van der Waals surface area contributed by atoms with Crippen LogP contribution in [0.3, 0.4) is 0 Å². The van der Waals surface area contributed by atoms with E-state index in [2.05, 4.69) is 50.2 Å². The van der Waals surface area contributed by atoms with Gasteiger partial charge in [0.2, 0.25) is 0 Å². The Kier molecular flexibility index (Phi) is 5.02. The van der Waals surface area contributed by atoms with Crippen LogP contribution in [0.5, 0.6) is 0 Å². The summed E-state index contributed by atoms with van der Waals surface area (Å²) in [6.45, 7) is 3.96. The second-order valence-corrected chi connectivity index (χ2v) is 7.97. The highest BCUT2D eigenvalue weighted by Crippen LogP contribution is 2.32. The van der Waals surface area contributed by atoms with Gasteiger partial charge in [0, 0.05) is 49.5 Å². The van der Waals surface area contributed by atoms with Crippen LogP contribution in [-0.4, -0.2) is 58.2 Å². The minimum Gasteiger partial charge on any atom is -0.304 e. The molecule has 152 valence electrons. The molecule has 1 saturated heterocycles. The average molecular weight is 401 g/mol. The van der Waals surface area contributed by atoms with Crippen molar-refractivity contribution in [3.05, 3.63) is 84.1 Å². The molecule has 0 radical (unpaired) electrons. The van der Waals surface area contributed by atoms with Gasteiger partial charge in [0.1, 0.15) is 5.82 Å². The lowest BCUT2D eigenvalue weighted by Crippen LogP contribution is -2.46. The van der Waals surface area contributed by atoms with Gasteiger partial charge in [-0.3, -0.25) is 15.0 Å². The summed E-state index contributed by atoms with van der Waals surface area (Å²) in [5.74, 6) is -0.212. The molecule has 2 aromatic heterocycles. The Bertz CT molecular complexity index is 1150. The van der Waals surface area contributed by atoms with E-state index in [0.717, 1.165) is 59.3 Å². The molecule has 6 heteroatoms. The van der Waals surface area contributed by atoms with Gasteiger partial charge in [0.05, 0.1) is 17.8 Å². The lowest BCUT2D eigenvalue weighted by molar-refractivity contribution is 0.127. The second-order valence-electron chi connectivity index (χ2n) is 7.97. The standard InChI is InChI=1S/C24H24FN5/c1-29-8-10-30(11-9-29)24(17-2-5-22(25)6-3-17)21-13-19(14-26-15-21)18-4-7-23-20(12-18)16-27-28-23/h2-7,12-16,24H,8-11H2,1H3,(H,27,28). The molecule has 1 unspecified atom stereocenters. The zero-order valence-electron chi connectivity index (χ0n) is 16.9. The van der Waals surface area contributed by atoms with Crippen molar-refractivity contribution in [2.45, 2.75) is 6.04 Å². The van der Waals surface area contributed by atoms with Crippen molar-refractivity contribution in [2.75, 3.05) is 33.2 Å². The fourth-order valence-corrected chi connectivity index (χ4v) is 4.23. The summed E-state index contributed by atoms with van der Waals surface area (Å²) in [5.41, 5.74) is 5.40. The molecule has 0 aliphatic carbocycles. The van der Waals surface area contributed by atoms with Gasteiger partial charge >= 0.3 is 0 Å². The van der Waals surface area contributed by atoms with Crippen molar-refractivity contribution in [3.63, 3.8) is 0 Å². The van der Waals surface area contributed by atoms with Crippen molar-refractivity contribution in [2.24, 2.45) is 0 Å². The molecule has 1 N–H and O–H groups in total. The summed E-state index contributed by atoms with van der Waals surface area (Å²) in [7, 11) is 2.15. The van der Waals surface area contributed by atoms with E-state index in [1.54, 1.807) is 12.1 Å². The SMILES string of the molecule is CN1CCN(C(c2ccc(F)cc2)c2cncc(-c3ccc4[nH]ncc4c3)c2)CC1. The molecule has 2 aromatic carbocycles. The number of benzene rings is 2. The van der Waals surface area contributed by atoms with Crippen LogP contribution >= 0.6 is 0 Å². The van der Waals surface area contributed by atoms with Crippen molar-refractivity contribution < 1.29 is 4.39 Å². The van der Waals surface area contributed by atoms with E-state index in [4.69, 9.17) is 0 Å². The van der Waals surface area contributed by atoms with Crippen molar-refractivity contribution >= 4 is 10.9 Å². The number of halogens is 1. The smallest absolute Gasteiger partial charge is 0.123 e. The van der Waals surface area contributed by atoms with Gasteiger partial charge in [-0.25, -0.2) is 4.39 Å². The highest BCUT2D eigenvalue weighted by molar-refractivity contribution is 5.83. The maximum absolute atomic E-state index is 13.6. The van der Waals surface area contributed by atoms with Gasteiger partial charge in [-0.1, -0.05) is 18.2 Å². The summed E-state index contributed by atoms with van der Waals surface area (Å²) in [6.07, 6.45) is 5.67. The molecule has 0 saturated carbocycles. The molecule has 1 aliphatic heterocycles. The Balaban J connectivity index is 1.55. The van der Waals surface area contributed by atoms with Gasteiger partial charge in [-0.05, 0) is 54.1 Å². The Hall–Kier alpha value is -3.09. The number of hydrogen-bond donors (Lipinski definition) is 1. The highest BCUT2D eigenvalue weighted by atomic mass is 19.1. The maximum atomic E-state index is 13.6. The minimum atomic E-state index is -0.212. The Morgan fingerprint density at radius 1 is 0.867 bits per heavy atom. The number of aromatic amines is 1. The number of rotatable bonds is 4. The number of pyridine rings is 1. The molecule has 1 aliphatic rings. The van der Waals surface area contributed by atoms with Crippen molar-refractivity contribution in [1.29, 1.82) is 0 Å². The fraction of sp³-hybridized carbons (Fsp3) is 0.250. The van der Waals surface area contributed by atoms with E-state index in [1.165, 1.54) is 0 Å². The van der Waals surface area contributed by atoms with E-state index in [0.29, 0.717) is 0 Å². The summed E-state index contributed by atoms with van der Waals surface area (Å²) in [4.78, 5) is 9.37. The first-order valence-electron chi connectivity index (χ1n) is 10.2. The lowest BCUT2D eigenvalue weighted by Gasteiger charge is -2.38. The molecule has 3 heterocycles. The zero-order valence-corrected chi connectivity index (χ0v) is 16.9. The molecule has 30 heavy (non-hydrogen) atoms. The molecular formula is C24H24FN5. The predicted molar refractivity (Wildman–Crippen MR) is 117 cm³/mol. The summed E-state index contributed by atoms with van der Waals surface area (Å²) < 4.78 is 13.6. The Morgan fingerprint density at radius 3 is 2.47 bits per heavy atom. The van der Waals surface area contributed by atoms with Crippen molar-refractivity contribution in [3.8, 4) is 11.1 Å². The molecular weight excluding hydrogens is 377 g/mol. The summed E-state index contributed by atoms with van der Waals surface area (Å²) in [6, 6.07) is 15.4. The van der Waals surface area contributed by atoms with Crippen LogP contribution in [0.2, 0.25) is 0 Å². The number of hydrogen-bond acceptors (Lipinski definition) is 4. The van der Waals surface area contributed by atoms with Gasteiger partial charge in [-0.15, -0.1) is 0 Å². The zero-order chi connectivity index (χ0) is 20.5. The quantitative estimate of drug-likeness (QED) is 0.559. The van der Waals surface area contributed by atoms with Gasteiger partial charge < -0.3 is 4.90 Å². The molecule has 4 aromatic rings. The minimum absolute atomic E-state index is 0.0457. The average Bonchev–Trinajstić information content (AvgIpc) is 3.25. The highest BCUT2D eigenvalue weighted by Gasteiger charge is 2.26. The number of aromatic nitrogens is 3. The largest absolute Gasteiger partial charge is 0.304 e. The number of H-pyrrole nitrogens is 1. The first-order chi connectivity index (χ1) is 14.7. The van der Waals surface area contributed by atoms with Crippen LogP contribution in [0.1, 0.15) is 17.2 Å². The third kappa shape index (κ3) is 3.72. The van der Waals surface area contributed by atoms with E-state index in [1.807, 2.05) is 36.8 Å². The van der Waals surface area contributed by atoms with Crippen LogP contribution in [-0.2, 0) is 0 Å². The first-order valence-corrected chi connectivity index (χ1v) is 10.2. The monoisotopic (exact) mass is 401 g/mol. The Labute approximate surface area is 175 Å². The number of nitrogens with zero attached hydrogens (tertiary/aromatic N) is 4. The van der Waals surface area contributed by atoms with E-state index in [-0.39, 0.29) is 11.9 Å². The molecule has 5 rings (SSSR count). The van der Waals surface area contributed by atoms with Crippen LogP contribution in [0.4, 0.5) is 4.39 Å². The molecule has 5 nitrogen and oxygen atoms in total. The van der Waals surface area contributed by atoms with Gasteiger partial charge in [0.15, 0.2) is 0 Å². The lowest BCUT2D eigenvalue weighted by atomic mass is 9.95. The third-order valence-electron chi connectivity index (χ3n) is 5.94. The molecule has 1 atom stereocenters. The van der Waals surface area contributed by atoms with Crippen LogP contribution < -0.4 is 0 Å². The van der Waals surface area contributed by atoms with Gasteiger partial charge in [-0.2, -0.15) is 5.10 Å². The summed E-state index contributed by atoms with van der Waals surface area (Å²) in [5, 5.41) is 8.18.